The normalized spacial score (nSPS) is 19.3. The van der Waals surface area contributed by atoms with Crippen LogP contribution in [-0.4, -0.2) is 34.4 Å². The van der Waals surface area contributed by atoms with Crippen LogP contribution in [0.5, 0.6) is 17.2 Å². The van der Waals surface area contributed by atoms with Crippen LogP contribution in [0.15, 0.2) is 30.3 Å². The molecule has 1 atom stereocenters. The monoisotopic (exact) mass is 442 g/mol. The molecule has 3 N–H and O–H groups in total. The van der Waals surface area contributed by atoms with E-state index in [1.54, 1.807) is 6.07 Å². The number of carbonyl (C=O) groups excluding carboxylic acids is 1. The van der Waals surface area contributed by atoms with Crippen LogP contribution in [0, 0.1) is 5.92 Å². The SMILES string of the molecule is NC(=O)[C@@H](Nc1cc2c3c(c1)nc(-c1ccc4c(c1)OC(F)(F)O4)n3CCCO2)C1CC1. The Hall–Kier alpha value is -3.56. The number of nitrogens with one attached hydrogen (secondary N) is 1. The van der Waals surface area contributed by atoms with Gasteiger partial charge < -0.3 is 29.8 Å². The first kappa shape index (κ1) is 19.1. The van der Waals surface area contributed by atoms with Crippen LogP contribution < -0.4 is 25.3 Å². The maximum atomic E-state index is 13.4. The summed E-state index contributed by atoms with van der Waals surface area (Å²) in [6, 6.07) is 7.90. The number of hydrogen-bond acceptors (Lipinski definition) is 6. The van der Waals surface area contributed by atoms with Crippen molar-refractivity contribution in [2.75, 3.05) is 11.9 Å². The van der Waals surface area contributed by atoms with Crippen LogP contribution in [0.1, 0.15) is 19.3 Å². The molecule has 166 valence electrons. The van der Waals surface area contributed by atoms with E-state index in [0.717, 1.165) is 24.8 Å². The fourth-order valence-electron chi connectivity index (χ4n) is 4.38. The van der Waals surface area contributed by atoms with E-state index in [1.165, 1.54) is 12.1 Å². The third-order valence-corrected chi connectivity index (χ3v) is 5.97. The lowest BCUT2D eigenvalue weighted by molar-refractivity contribution is -0.286. The van der Waals surface area contributed by atoms with Gasteiger partial charge in [0, 0.05) is 23.9 Å². The Balaban J connectivity index is 1.44. The van der Waals surface area contributed by atoms with Crippen molar-refractivity contribution in [1.82, 2.24) is 9.55 Å². The van der Waals surface area contributed by atoms with E-state index in [1.807, 2.05) is 16.7 Å². The second-order valence-electron chi connectivity index (χ2n) is 8.32. The minimum atomic E-state index is -3.68. The number of carbonyl (C=O) groups is 1. The van der Waals surface area contributed by atoms with Crippen LogP contribution >= 0.6 is 0 Å². The van der Waals surface area contributed by atoms with Gasteiger partial charge >= 0.3 is 6.29 Å². The van der Waals surface area contributed by atoms with Gasteiger partial charge in [0.2, 0.25) is 5.91 Å². The average Bonchev–Trinajstić information content (AvgIpc) is 3.47. The number of ether oxygens (including phenoxy) is 3. The molecule has 8 nitrogen and oxygen atoms in total. The number of anilines is 1. The molecule has 1 aliphatic carbocycles. The van der Waals surface area contributed by atoms with Crippen LogP contribution in [-0.2, 0) is 11.3 Å². The number of amides is 1. The van der Waals surface area contributed by atoms with Crippen molar-refractivity contribution in [3.63, 3.8) is 0 Å². The molecule has 2 aromatic carbocycles. The van der Waals surface area contributed by atoms with Crippen molar-refractivity contribution in [3.8, 4) is 28.6 Å². The molecular formula is C22H20F2N4O4. The molecule has 2 aliphatic heterocycles. The highest BCUT2D eigenvalue weighted by Crippen LogP contribution is 2.44. The number of halogens is 2. The van der Waals surface area contributed by atoms with Crippen molar-refractivity contribution < 1.29 is 27.8 Å². The van der Waals surface area contributed by atoms with Gasteiger partial charge in [0.1, 0.15) is 23.1 Å². The molecule has 1 saturated carbocycles. The maximum Gasteiger partial charge on any atom is 0.586 e. The van der Waals surface area contributed by atoms with E-state index in [9.17, 15) is 13.6 Å². The number of hydrogen-bond donors (Lipinski definition) is 2. The summed E-state index contributed by atoms with van der Waals surface area (Å²) in [5.74, 6) is 1.06. The summed E-state index contributed by atoms with van der Waals surface area (Å²) in [7, 11) is 0. The molecule has 0 spiro atoms. The summed E-state index contributed by atoms with van der Waals surface area (Å²) in [5, 5.41) is 3.24. The lowest BCUT2D eigenvalue weighted by atomic mass is 10.1. The van der Waals surface area contributed by atoms with Crippen molar-refractivity contribution in [1.29, 1.82) is 0 Å². The molecule has 3 aromatic rings. The Bertz CT molecular complexity index is 1250. The van der Waals surface area contributed by atoms with Gasteiger partial charge in [-0.3, -0.25) is 4.79 Å². The smallest absolute Gasteiger partial charge is 0.491 e. The second kappa shape index (κ2) is 6.72. The third kappa shape index (κ3) is 3.17. The van der Waals surface area contributed by atoms with E-state index in [-0.39, 0.29) is 23.3 Å². The number of aryl methyl sites for hydroxylation is 1. The van der Waals surface area contributed by atoms with Gasteiger partial charge in [0.15, 0.2) is 11.5 Å². The summed E-state index contributed by atoms with van der Waals surface area (Å²) in [6.07, 6.45) is -0.989. The summed E-state index contributed by atoms with van der Waals surface area (Å²) >= 11 is 0. The van der Waals surface area contributed by atoms with Crippen molar-refractivity contribution in [3.05, 3.63) is 30.3 Å². The zero-order valence-corrected chi connectivity index (χ0v) is 16.9. The highest BCUT2D eigenvalue weighted by molar-refractivity contribution is 5.91. The number of imidazole rings is 1. The number of nitrogens with two attached hydrogens (primary N) is 1. The first-order valence-electron chi connectivity index (χ1n) is 10.5. The molecule has 3 aliphatic rings. The molecule has 32 heavy (non-hydrogen) atoms. The van der Waals surface area contributed by atoms with E-state index < -0.39 is 12.3 Å². The largest absolute Gasteiger partial charge is 0.586 e. The van der Waals surface area contributed by atoms with Gasteiger partial charge in [-0.25, -0.2) is 4.98 Å². The Kier molecular flexibility index (Phi) is 4.02. The summed E-state index contributed by atoms with van der Waals surface area (Å²) in [5.41, 5.74) is 8.39. The third-order valence-electron chi connectivity index (χ3n) is 5.97. The van der Waals surface area contributed by atoms with Crippen molar-refractivity contribution >= 4 is 22.6 Å². The fourth-order valence-corrected chi connectivity index (χ4v) is 4.38. The second-order valence-corrected chi connectivity index (χ2v) is 8.32. The van der Waals surface area contributed by atoms with Gasteiger partial charge in [0.05, 0.1) is 12.1 Å². The molecule has 0 bridgehead atoms. The van der Waals surface area contributed by atoms with Crippen molar-refractivity contribution in [2.24, 2.45) is 11.7 Å². The molecule has 0 saturated heterocycles. The quantitative estimate of drug-likeness (QED) is 0.628. The summed E-state index contributed by atoms with van der Waals surface area (Å²) < 4.78 is 44.0. The Labute approximate surface area is 181 Å². The highest BCUT2D eigenvalue weighted by Gasteiger charge is 2.43. The molecule has 0 radical (unpaired) electrons. The van der Waals surface area contributed by atoms with Crippen LogP contribution in [0.3, 0.4) is 0 Å². The molecule has 3 heterocycles. The minimum absolute atomic E-state index is 0.0150. The van der Waals surface area contributed by atoms with E-state index in [2.05, 4.69) is 14.8 Å². The first-order valence-corrected chi connectivity index (χ1v) is 10.5. The predicted molar refractivity (Wildman–Crippen MR) is 111 cm³/mol. The van der Waals surface area contributed by atoms with Crippen LogP contribution in [0.25, 0.3) is 22.4 Å². The van der Waals surface area contributed by atoms with E-state index in [4.69, 9.17) is 15.5 Å². The van der Waals surface area contributed by atoms with Gasteiger partial charge in [-0.1, -0.05) is 0 Å². The zero-order chi connectivity index (χ0) is 22.0. The molecule has 1 aromatic heterocycles. The lowest BCUT2D eigenvalue weighted by Gasteiger charge is -2.17. The number of rotatable bonds is 5. The molecular weight excluding hydrogens is 422 g/mol. The first-order chi connectivity index (χ1) is 15.4. The molecule has 6 rings (SSSR count). The number of benzene rings is 2. The molecule has 10 heteroatoms. The Morgan fingerprint density at radius 1 is 1.19 bits per heavy atom. The molecule has 1 fully saturated rings. The topological polar surface area (TPSA) is 101 Å². The standard InChI is InChI=1S/C22H20F2N4O4/c23-22(24)31-15-5-4-12(8-16(15)32-22)21-27-14-9-13(26-18(20(25)29)11-2-3-11)10-17-19(14)28(21)6-1-7-30-17/h4-5,8-11,18,26H,1-3,6-7H2,(H2,25,29)/t18-/m0/s1. The van der Waals surface area contributed by atoms with Crippen LogP contribution in [0.4, 0.5) is 14.5 Å². The lowest BCUT2D eigenvalue weighted by Crippen LogP contribution is -2.37. The van der Waals surface area contributed by atoms with Gasteiger partial charge in [-0.05, 0) is 49.4 Å². The van der Waals surface area contributed by atoms with Crippen molar-refractivity contribution in [2.45, 2.75) is 38.1 Å². The van der Waals surface area contributed by atoms with E-state index in [0.29, 0.717) is 41.5 Å². The number of alkyl halides is 2. The number of aromatic nitrogens is 2. The highest BCUT2D eigenvalue weighted by atomic mass is 19.3. The number of primary amides is 1. The Morgan fingerprint density at radius 3 is 2.78 bits per heavy atom. The molecule has 0 unspecified atom stereocenters. The fraction of sp³-hybridized carbons (Fsp3) is 0.364. The Morgan fingerprint density at radius 2 is 2.00 bits per heavy atom. The average molecular weight is 442 g/mol. The van der Waals surface area contributed by atoms with Gasteiger partial charge in [-0.2, -0.15) is 0 Å². The number of fused-ring (bicyclic) bond motifs is 1. The minimum Gasteiger partial charge on any atom is -0.491 e. The number of nitrogens with zero attached hydrogens (tertiary/aromatic N) is 2. The van der Waals surface area contributed by atoms with Gasteiger partial charge in [-0.15, -0.1) is 8.78 Å². The summed E-state index contributed by atoms with van der Waals surface area (Å²) in [4.78, 5) is 16.7. The predicted octanol–water partition coefficient (Wildman–Crippen LogP) is 3.48. The molecule has 1 amide bonds. The maximum absolute atomic E-state index is 13.4. The van der Waals surface area contributed by atoms with E-state index >= 15 is 0 Å². The summed E-state index contributed by atoms with van der Waals surface area (Å²) in [6.45, 7) is 1.18. The van der Waals surface area contributed by atoms with Gasteiger partial charge in [0.25, 0.3) is 0 Å². The zero-order valence-electron chi connectivity index (χ0n) is 16.9. The van der Waals surface area contributed by atoms with Crippen LogP contribution in [0.2, 0.25) is 0 Å².